The van der Waals surface area contributed by atoms with Crippen LogP contribution in [0.5, 0.6) is 5.75 Å². The summed E-state index contributed by atoms with van der Waals surface area (Å²) in [6.07, 6.45) is 5.51. The Morgan fingerprint density at radius 2 is 1.69 bits per heavy atom. The largest absolute Gasteiger partial charge is 0.493 e. The van der Waals surface area contributed by atoms with Crippen LogP contribution in [0.25, 0.3) is 16.6 Å². The number of rotatable bonds is 5. The van der Waals surface area contributed by atoms with Crippen LogP contribution in [-0.2, 0) is 0 Å². The fourth-order valence-electron chi connectivity index (χ4n) is 4.18. The molecule has 0 atom stereocenters. The third kappa shape index (κ3) is 3.77. The molecule has 1 amide bonds. The first-order valence-corrected chi connectivity index (χ1v) is 10.9. The van der Waals surface area contributed by atoms with Crippen molar-refractivity contribution in [3.63, 3.8) is 0 Å². The van der Waals surface area contributed by atoms with E-state index in [2.05, 4.69) is 14.9 Å². The Balaban J connectivity index is 1.36. The van der Waals surface area contributed by atoms with E-state index >= 15 is 0 Å². The SMILES string of the molecule is CCOc1ccc2ccccc2c1C(=O)N1CCN(c2cc(-n3cccc3)ncn2)CC1. The molecule has 4 aromatic rings. The molecule has 0 unspecified atom stereocenters. The first-order chi connectivity index (χ1) is 15.7. The molecule has 3 heterocycles. The highest BCUT2D eigenvalue weighted by Gasteiger charge is 2.26. The second-order valence-electron chi connectivity index (χ2n) is 7.70. The number of carbonyl (C=O) groups is 1. The van der Waals surface area contributed by atoms with Crippen molar-refractivity contribution in [2.75, 3.05) is 37.7 Å². The fourth-order valence-corrected chi connectivity index (χ4v) is 4.18. The summed E-state index contributed by atoms with van der Waals surface area (Å²) in [5, 5.41) is 1.97. The highest BCUT2D eigenvalue weighted by Crippen LogP contribution is 2.30. The number of amides is 1. The lowest BCUT2D eigenvalue weighted by Crippen LogP contribution is -2.49. The molecule has 1 aliphatic heterocycles. The average molecular weight is 428 g/mol. The van der Waals surface area contributed by atoms with Crippen molar-refractivity contribution >= 4 is 22.5 Å². The molecule has 0 N–H and O–H groups in total. The molecule has 0 saturated carbocycles. The van der Waals surface area contributed by atoms with Gasteiger partial charge in [-0.3, -0.25) is 4.79 Å². The number of anilines is 1. The zero-order valence-electron chi connectivity index (χ0n) is 18.0. The van der Waals surface area contributed by atoms with E-state index in [1.807, 2.05) is 83.4 Å². The number of hydrogen-bond acceptors (Lipinski definition) is 5. The minimum Gasteiger partial charge on any atom is -0.493 e. The van der Waals surface area contributed by atoms with Gasteiger partial charge in [0.05, 0.1) is 12.2 Å². The normalized spacial score (nSPS) is 14.0. The van der Waals surface area contributed by atoms with Crippen molar-refractivity contribution in [1.29, 1.82) is 0 Å². The Morgan fingerprint density at radius 1 is 0.938 bits per heavy atom. The van der Waals surface area contributed by atoms with E-state index < -0.39 is 0 Å². The topological polar surface area (TPSA) is 63.5 Å². The third-order valence-electron chi connectivity index (χ3n) is 5.80. The van der Waals surface area contributed by atoms with E-state index in [9.17, 15) is 4.79 Å². The minimum atomic E-state index is 0.0145. The van der Waals surface area contributed by atoms with Crippen molar-refractivity contribution in [3.05, 3.63) is 78.9 Å². The summed E-state index contributed by atoms with van der Waals surface area (Å²) >= 11 is 0. The molecule has 0 bridgehead atoms. The predicted molar refractivity (Wildman–Crippen MR) is 125 cm³/mol. The van der Waals surface area contributed by atoms with E-state index in [0.29, 0.717) is 44.1 Å². The predicted octanol–water partition coefficient (Wildman–Crippen LogP) is 3.78. The Kier molecular flexibility index (Phi) is 5.46. The molecule has 0 spiro atoms. The van der Waals surface area contributed by atoms with Gasteiger partial charge in [-0.25, -0.2) is 9.97 Å². The first-order valence-electron chi connectivity index (χ1n) is 10.9. The van der Waals surface area contributed by atoms with Crippen LogP contribution in [-0.4, -0.2) is 58.1 Å². The molecule has 7 nitrogen and oxygen atoms in total. The minimum absolute atomic E-state index is 0.0145. The van der Waals surface area contributed by atoms with Crippen molar-refractivity contribution in [3.8, 4) is 11.6 Å². The Labute approximate surface area is 186 Å². The number of nitrogens with zero attached hydrogens (tertiary/aromatic N) is 5. The lowest BCUT2D eigenvalue weighted by atomic mass is 10.0. The highest BCUT2D eigenvalue weighted by molar-refractivity contribution is 6.09. The van der Waals surface area contributed by atoms with Crippen LogP contribution in [0.2, 0.25) is 0 Å². The zero-order chi connectivity index (χ0) is 21.9. The lowest BCUT2D eigenvalue weighted by molar-refractivity contribution is 0.0744. The van der Waals surface area contributed by atoms with Crippen LogP contribution < -0.4 is 9.64 Å². The molecule has 2 aromatic carbocycles. The molecule has 1 aliphatic rings. The second-order valence-corrected chi connectivity index (χ2v) is 7.70. The molecule has 1 saturated heterocycles. The maximum atomic E-state index is 13.6. The van der Waals surface area contributed by atoms with Crippen LogP contribution in [0.15, 0.2) is 73.3 Å². The Morgan fingerprint density at radius 3 is 2.47 bits per heavy atom. The van der Waals surface area contributed by atoms with Crippen LogP contribution in [0.4, 0.5) is 5.82 Å². The third-order valence-corrected chi connectivity index (χ3v) is 5.80. The van der Waals surface area contributed by atoms with E-state index in [1.54, 1.807) is 6.33 Å². The highest BCUT2D eigenvalue weighted by atomic mass is 16.5. The van der Waals surface area contributed by atoms with Crippen LogP contribution in [0, 0.1) is 0 Å². The molecule has 5 rings (SSSR count). The van der Waals surface area contributed by atoms with E-state index in [-0.39, 0.29) is 5.91 Å². The zero-order valence-corrected chi connectivity index (χ0v) is 18.0. The second kappa shape index (κ2) is 8.70. The standard InChI is InChI=1S/C25H25N5O2/c1-2-32-21-10-9-19-7-3-4-8-20(19)24(21)25(31)30-15-13-29(14-16-30)23-17-22(26-18-27-23)28-11-5-6-12-28/h3-12,17-18H,2,13-16H2,1H3. The molecular formula is C25H25N5O2. The van der Waals surface area contributed by atoms with Crippen LogP contribution >= 0.6 is 0 Å². The van der Waals surface area contributed by atoms with E-state index in [1.165, 1.54) is 0 Å². The van der Waals surface area contributed by atoms with Gasteiger partial charge in [0.15, 0.2) is 0 Å². The van der Waals surface area contributed by atoms with Gasteiger partial charge in [0.1, 0.15) is 23.7 Å². The molecule has 1 fully saturated rings. The van der Waals surface area contributed by atoms with Crippen molar-refractivity contribution in [1.82, 2.24) is 19.4 Å². The lowest BCUT2D eigenvalue weighted by Gasteiger charge is -2.35. The quantitative estimate of drug-likeness (QED) is 0.485. The van der Waals surface area contributed by atoms with Crippen molar-refractivity contribution in [2.24, 2.45) is 0 Å². The summed E-state index contributed by atoms with van der Waals surface area (Å²) in [4.78, 5) is 26.5. The number of ether oxygens (including phenoxy) is 1. The van der Waals surface area contributed by atoms with Gasteiger partial charge in [-0.1, -0.05) is 30.3 Å². The first kappa shape index (κ1) is 20.1. The number of hydrogen-bond donors (Lipinski definition) is 0. The van der Waals surface area contributed by atoms with Gasteiger partial charge in [-0.2, -0.15) is 0 Å². The summed E-state index contributed by atoms with van der Waals surface area (Å²) in [6, 6.07) is 17.8. The monoisotopic (exact) mass is 427 g/mol. The van der Waals surface area contributed by atoms with Crippen molar-refractivity contribution < 1.29 is 9.53 Å². The van der Waals surface area contributed by atoms with Crippen molar-refractivity contribution in [2.45, 2.75) is 6.92 Å². The van der Waals surface area contributed by atoms with Gasteiger partial charge in [0.2, 0.25) is 0 Å². The number of aromatic nitrogens is 3. The van der Waals surface area contributed by atoms with E-state index in [4.69, 9.17) is 4.74 Å². The number of benzene rings is 2. The maximum absolute atomic E-state index is 13.6. The molecule has 0 radical (unpaired) electrons. The van der Waals surface area contributed by atoms with Gasteiger partial charge < -0.3 is 19.1 Å². The summed E-state index contributed by atoms with van der Waals surface area (Å²) in [5.74, 6) is 2.36. The maximum Gasteiger partial charge on any atom is 0.258 e. The Hall–Kier alpha value is -3.87. The number of fused-ring (bicyclic) bond motifs is 1. The van der Waals surface area contributed by atoms with Gasteiger partial charge >= 0.3 is 0 Å². The molecular weight excluding hydrogens is 402 g/mol. The molecule has 2 aromatic heterocycles. The molecule has 162 valence electrons. The average Bonchev–Trinajstić information content (AvgIpc) is 3.39. The molecule has 7 heteroatoms. The fraction of sp³-hybridized carbons (Fsp3) is 0.240. The van der Waals surface area contributed by atoms with Gasteiger partial charge in [0, 0.05) is 44.6 Å². The summed E-state index contributed by atoms with van der Waals surface area (Å²) in [5.41, 5.74) is 0.648. The molecule has 0 aliphatic carbocycles. The van der Waals surface area contributed by atoms with E-state index in [0.717, 1.165) is 22.4 Å². The number of piperazine rings is 1. The number of carbonyl (C=O) groups excluding carboxylic acids is 1. The Bertz CT molecular complexity index is 1230. The van der Waals surface area contributed by atoms with Crippen LogP contribution in [0.3, 0.4) is 0 Å². The van der Waals surface area contributed by atoms with Crippen LogP contribution in [0.1, 0.15) is 17.3 Å². The van der Waals surface area contributed by atoms with Gasteiger partial charge in [0.25, 0.3) is 5.91 Å². The smallest absolute Gasteiger partial charge is 0.258 e. The summed E-state index contributed by atoms with van der Waals surface area (Å²) < 4.78 is 7.78. The van der Waals surface area contributed by atoms with Gasteiger partial charge in [-0.15, -0.1) is 0 Å². The van der Waals surface area contributed by atoms with Gasteiger partial charge in [-0.05, 0) is 35.9 Å². The molecule has 32 heavy (non-hydrogen) atoms. The summed E-state index contributed by atoms with van der Waals surface area (Å²) in [6.45, 7) is 5.12. The summed E-state index contributed by atoms with van der Waals surface area (Å²) in [7, 11) is 0.